The smallest absolute Gasteiger partial charge is 0.129 e. The summed E-state index contributed by atoms with van der Waals surface area (Å²) >= 11 is 0. The number of hydrogen-bond donors (Lipinski definition) is 2. The topological polar surface area (TPSA) is 51.1 Å². The Hall–Kier alpha value is -6.07. The molecule has 0 radical (unpaired) electrons. The van der Waals surface area contributed by atoms with Gasteiger partial charge in [-0.25, -0.2) is 4.68 Å². The van der Waals surface area contributed by atoms with Crippen LogP contribution in [0.3, 0.4) is 0 Å². The molecule has 50 heavy (non-hydrogen) atoms. The Kier molecular flexibility index (Phi) is 8.97. The molecule has 0 aliphatic heterocycles. The Balaban J connectivity index is 1.24. The lowest BCUT2D eigenvalue weighted by molar-refractivity contribution is 0.482. The lowest BCUT2D eigenvalue weighted by atomic mass is 9.92. The van der Waals surface area contributed by atoms with Crippen molar-refractivity contribution in [2.45, 2.75) is 41.5 Å². The van der Waals surface area contributed by atoms with E-state index < -0.39 is 0 Å². The van der Waals surface area contributed by atoms with Gasteiger partial charge in [0.2, 0.25) is 0 Å². The summed E-state index contributed by atoms with van der Waals surface area (Å²) in [6.45, 7) is 13.0. The highest BCUT2D eigenvalue weighted by Gasteiger charge is 2.16. The Bertz CT molecular complexity index is 2270. The third-order valence-electron chi connectivity index (χ3n) is 9.08. The second-order valence-electron chi connectivity index (χ2n) is 13.2. The third kappa shape index (κ3) is 6.90. The Morgan fingerprint density at radius 2 is 1.14 bits per heavy atom. The van der Waals surface area contributed by atoms with Crippen molar-refractivity contribution in [3.05, 3.63) is 167 Å². The molecule has 0 unspecified atom stereocenters. The van der Waals surface area contributed by atoms with Crippen LogP contribution in [-0.2, 0) is 0 Å². The molecule has 0 bridgehead atoms. The predicted molar refractivity (Wildman–Crippen MR) is 209 cm³/mol. The van der Waals surface area contributed by atoms with Gasteiger partial charge in [-0.15, -0.1) is 0 Å². The summed E-state index contributed by atoms with van der Waals surface area (Å²) in [5.74, 6) is 1.46. The van der Waals surface area contributed by atoms with E-state index in [0.29, 0.717) is 0 Å². The van der Waals surface area contributed by atoms with Crippen LogP contribution in [0.1, 0.15) is 33.4 Å². The van der Waals surface area contributed by atoms with Gasteiger partial charge in [-0.3, -0.25) is 0 Å². The van der Waals surface area contributed by atoms with E-state index >= 15 is 0 Å². The number of benzene rings is 6. The highest BCUT2D eigenvalue weighted by atomic mass is 16.5. The number of anilines is 4. The van der Waals surface area contributed by atoms with Crippen LogP contribution in [-0.4, -0.2) is 9.78 Å². The summed E-state index contributed by atoms with van der Waals surface area (Å²) < 4.78 is 8.44. The molecule has 7 aromatic rings. The fourth-order valence-electron chi connectivity index (χ4n) is 6.94. The van der Waals surface area contributed by atoms with Crippen molar-refractivity contribution < 1.29 is 4.74 Å². The standard InChI is InChI=1S/C45H42N4O/c1-29-21-31(3)44(32(4)22-29)40-20-19-39(50-38-16-12-15-37(25-38)49-28-36(27-46-49)35-13-8-7-9-14-35)26-43(40)47-41-17-10-11-18-42(41)48-45-33(5)23-30(2)24-34(45)6/h7-28,47-48H,1-6H3. The molecule has 2 N–H and O–H groups in total. The first-order chi connectivity index (χ1) is 24.2. The van der Waals surface area contributed by atoms with Crippen LogP contribution in [0.15, 0.2) is 134 Å². The van der Waals surface area contributed by atoms with Gasteiger partial charge in [0.15, 0.2) is 0 Å². The Morgan fingerprint density at radius 3 is 1.84 bits per heavy atom. The van der Waals surface area contributed by atoms with E-state index in [2.05, 4.69) is 136 Å². The first kappa shape index (κ1) is 32.5. The molecule has 5 heteroatoms. The second-order valence-corrected chi connectivity index (χ2v) is 13.2. The van der Waals surface area contributed by atoms with E-state index in [9.17, 15) is 0 Å². The monoisotopic (exact) mass is 654 g/mol. The van der Waals surface area contributed by atoms with Crippen molar-refractivity contribution in [3.8, 4) is 39.4 Å². The van der Waals surface area contributed by atoms with Gasteiger partial charge in [-0.2, -0.15) is 5.10 Å². The van der Waals surface area contributed by atoms with Gasteiger partial charge in [0, 0.05) is 35.1 Å². The molecule has 5 nitrogen and oxygen atoms in total. The van der Waals surface area contributed by atoms with Gasteiger partial charge in [0.1, 0.15) is 11.5 Å². The summed E-state index contributed by atoms with van der Waals surface area (Å²) in [6, 6.07) is 41.9. The van der Waals surface area contributed by atoms with Crippen LogP contribution >= 0.6 is 0 Å². The minimum absolute atomic E-state index is 0.730. The van der Waals surface area contributed by atoms with Gasteiger partial charge in [0.25, 0.3) is 0 Å². The number of ether oxygens (including phenoxy) is 1. The van der Waals surface area contributed by atoms with E-state index in [1.54, 1.807) is 0 Å². The van der Waals surface area contributed by atoms with Gasteiger partial charge in [0.05, 0.1) is 28.9 Å². The maximum absolute atomic E-state index is 6.55. The largest absolute Gasteiger partial charge is 0.457 e. The average Bonchev–Trinajstić information content (AvgIpc) is 3.59. The number of para-hydroxylation sites is 2. The zero-order valence-electron chi connectivity index (χ0n) is 29.5. The minimum atomic E-state index is 0.730. The number of hydrogen-bond acceptors (Lipinski definition) is 4. The SMILES string of the molecule is Cc1cc(C)c(Nc2ccccc2Nc2cc(Oc3cccc(-n4cc(-c5ccccc5)cn4)c3)ccc2-c2c(C)cc(C)cc2C)c(C)c1. The number of nitrogens with one attached hydrogen (secondary N) is 2. The molecule has 1 heterocycles. The summed E-state index contributed by atoms with van der Waals surface area (Å²) in [6.07, 6.45) is 3.94. The van der Waals surface area contributed by atoms with Crippen LogP contribution in [0.2, 0.25) is 0 Å². The Labute approximate surface area is 295 Å². The molecule has 0 spiro atoms. The van der Waals surface area contributed by atoms with Gasteiger partial charge < -0.3 is 15.4 Å². The molecular formula is C45H42N4O. The van der Waals surface area contributed by atoms with Crippen molar-refractivity contribution >= 4 is 22.7 Å². The molecule has 0 saturated heterocycles. The first-order valence-electron chi connectivity index (χ1n) is 17.0. The average molecular weight is 655 g/mol. The first-order valence-corrected chi connectivity index (χ1v) is 17.0. The number of aryl methyl sites for hydroxylation is 6. The number of nitrogens with zero attached hydrogens (tertiary/aromatic N) is 2. The predicted octanol–water partition coefficient (Wildman–Crippen LogP) is 12.3. The van der Waals surface area contributed by atoms with Crippen molar-refractivity contribution in [1.29, 1.82) is 0 Å². The molecule has 7 rings (SSSR count). The number of rotatable bonds is 9. The van der Waals surface area contributed by atoms with E-state index in [4.69, 9.17) is 4.74 Å². The minimum Gasteiger partial charge on any atom is -0.457 e. The van der Waals surface area contributed by atoms with Crippen LogP contribution in [0.5, 0.6) is 11.5 Å². The van der Waals surface area contributed by atoms with E-state index in [-0.39, 0.29) is 0 Å². The van der Waals surface area contributed by atoms with Crippen LogP contribution in [0, 0.1) is 41.5 Å². The normalized spacial score (nSPS) is 11.0. The van der Waals surface area contributed by atoms with E-state index in [1.807, 2.05) is 59.5 Å². The maximum Gasteiger partial charge on any atom is 0.129 e. The zero-order chi connectivity index (χ0) is 34.8. The summed E-state index contributed by atoms with van der Waals surface area (Å²) in [7, 11) is 0. The van der Waals surface area contributed by atoms with Crippen molar-refractivity contribution in [3.63, 3.8) is 0 Å². The maximum atomic E-state index is 6.55. The van der Waals surface area contributed by atoms with Crippen LogP contribution < -0.4 is 15.4 Å². The lowest BCUT2D eigenvalue weighted by Crippen LogP contribution is -2.02. The quantitative estimate of drug-likeness (QED) is 0.163. The van der Waals surface area contributed by atoms with Crippen LogP contribution in [0.25, 0.3) is 27.9 Å². The molecule has 0 atom stereocenters. The molecule has 0 amide bonds. The molecule has 0 aliphatic rings. The van der Waals surface area contributed by atoms with Crippen LogP contribution in [0.4, 0.5) is 22.7 Å². The summed E-state index contributed by atoms with van der Waals surface area (Å²) in [5, 5.41) is 12.2. The highest BCUT2D eigenvalue weighted by Crippen LogP contribution is 2.40. The van der Waals surface area contributed by atoms with Gasteiger partial charge in [-0.05, 0) is 111 Å². The summed E-state index contributed by atoms with van der Waals surface area (Å²) in [5.41, 5.74) is 16.9. The number of aromatic nitrogens is 2. The zero-order valence-corrected chi connectivity index (χ0v) is 29.5. The lowest BCUT2D eigenvalue weighted by Gasteiger charge is -2.21. The fraction of sp³-hybridized carbons (Fsp3) is 0.133. The van der Waals surface area contributed by atoms with Gasteiger partial charge in [-0.1, -0.05) is 83.9 Å². The van der Waals surface area contributed by atoms with E-state index in [0.717, 1.165) is 56.6 Å². The molecule has 0 fully saturated rings. The molecule has 248 valence electrons. The van der Waals surface area contributed by atoms with Crippen molar-refractivity contribution in [1.82, 2.24) is 9.78 Å². The molecule has 6 aromatic carbocycles. The van der Waals surface area contributed by atoms with E-state index in [1.165, 1.54) is 38.9 Å². The highest BCUT2D eigenvalue weighted by molar-refractivity contribution is 5.89. The fourth-order valence-corrected chi connectivity index (χ4v) is 6.94. The molecular weight excluding hydrogens is 613 g/mol. The molecule has 0 aliphatic carbocycles. The second kappa shape index (κ2) is 13.8. The van der Waals surface area contributed by atoms with Crippen molar-refractivity contribution in [2.24, 2.45) is 0 Å². The summed E-state index contributed by atoms with van der Waals surface area (Å²) in [4.78, 5) is 0. The Morgan fingerprint density at radius 1 is 0.520 bits per heavy atom. The molecule has 0 saturated carbocycles. The van der Waals surface area contributed by atoms with Crippen molar-refractivity contribution in [2.75, 3.05) is 10.6 Å². The van der Waals surface area contributed by atoms with Gasteiger partial charge >= 0.3 is 0 Å². The third-order valence-corrected chi connectivity index (χ3v) is 9.08. The molecule has 1 aromatic heterocycles.